The molecule has 0 nitrogen and oxygen atoms in total. The molecule has 92 valence electrons. The molecule has 0 heterocycles. The van der Waals surface area contributed by atoms with Crippen molar-refractivity contribution in [3.05, 3.63) is 0 Å². The van der Waals surface area contributed by atoms with Gasteiger partial charge in [0.25, 0.3) is 0 Å². The highest BCUT2D eigenvalue weighted by Gasteiger charge is 2.25. The molecular weight excluding hydrogens is 200 g/mol. The summed E-state index contributed by atoms with van der Waals surface area (Å²) in [7, 11) is 0. The van der Waals surface area contributed by atoms with Crippen LogP contribution in [0, 0.1) is 23.2 Å². The van der Waals surface area contributed by atoms with E-state index in [1.54, 1.807) is 0 Å². The fraction of sp³-hybridized carbons (Fsp3) is 1.00. The first kappa shape index (κ1) is 15.3. The summed E-state index contributed by atoms with van der Waals surface area (Å²) in [5.41, 5.74) is 0.437. The van der Waals surface area contributed by atoms with E-state index in [1.807, 2.05) is 0 Å². The van der Waals surface area contributed by atoms with Gasteiger partial charge in [-0.15, -0.1) is 0 Å². The molecule has 3 unspecified atom stereocenters. The lowest BCUT2D eigenvalue weighted by Gasteiger charge is -2.33. The third kappa shape index (κ3) is 6.50. The van der Waals surface area contributed by atoms with Gasteiger partial charge in [-0.1, -0.05) is 48.5 Å². The van der Waals surface area contributed by atoms with Crippen molar-refractivity contribution in [2.45, 2.75) is 66.6 Å². The Kier molecular flexibility index (Phi) is 6.32. The minimum atomic E-state index is 0.437. The van der Waals surface area contributed by atoms with E-state index in [0.717, 1.165) is 17.8 Å². The molecule has 0 N–H and O–H groups in total. The summed E-state index contributed by atoms with van der Waals surface area (Å²) >= 11 is 4.53. The number of hydrogen-bond donors (Lipinski definition) is 1. The highest BCUT2D eigenvalue weighted by molar-refractivity contribution is 7.80. The van der Waals surface area contributed by atoms with Crippen molar-refractivity contribution in [3.8, 4) is 0 Å². The summed E-state index contributed by atoms with van der Waals surface area (Å²) in [6.07, 6.45) is 2.59. The van der Waals surface area contributed by atoms with Crippen LogP contribution in [-0.4, -0.2) is 5.25 Å². The second-order valence-electron chi connectivity index (χ2n) is 6.59. The van der Waals surface area contributed by atoms with Crippen molar-refractivity contribution >= 4 is 12.6 Å². The SMILES string of the molecule is CC(S)CC(CC(C)C(C)(C)C)C(C)C. The molecule has 0 amide bonds. The van der Waals surface area contributed by atoms with Gasteiger partial charge in [-0.25, -0.2) is 0 Å². The van der Waals surface area contributed by atoms with E-state index in [1.165, 1.54) is 12.8 Å². The van der Waals surface area contributed by atoms with Crippen LogP contribution in [0.2, 0.25) is 0 Å². The first-order valence-electron chi connectivity index (χ1n) is 6.32. The monoisotopic (exact) mass is 230 g/mol. The third-order valence-corrected chi connectivity index (χ3v) is 3.93. The average Bonchev–Trinajstić information content (AvgIpc) is 1.99. The lowest BCUT2D eigenvalue weighted by atomic mass is 9.74. The molecule has 0 aliphatic rings. The second-order valence-corrected chi connectivity index (χ2v) is 7.47. The highest BCUT2D eigenvalue weighted by atomic mass is 32.1. The Morgan fingerprint density at radius 1 is 0.933 bits per heavy atom. The molecule has 1 heteroatoms. The molecular formula is C14H30S. The second kappa shape index (κ2) is 6.18. The molecule has 0 aromatic rings. The number of thiol groups is 1. The zero-order chi connectivity index (χ0) is 12.2. The number of rotatable bonds is 5. The molecule has 0 bridgehead atoms. The van der Waals surface area contributed by atoms with E-state index in [-0.39, 0.29) is 0 Å². The zero-order valence-corrected chi connectivity index (χ0v) is 12.6. The van der Waals surface area contributed by atoms with Crippen LogP contribution in [0.3, 0.4) is 0 Å². The molecule has 0 aliphatic carbocycles. The van der Waals surface area contributed by atoms with Crippen molar-refractivity contribution in [1.82, 2.24) is 0 Å². The van der Waals surface area contributed by atoms with Gasteiger partial charge in [0, 0.05) is 0 Å². The first-order chi connectivity index (χ1) is 6.64. The van der Waals surface area contributed by atoms with Gasteiger partial charge in [0.15, 0.2) is 0 Å². The van der Waals surface area contributed by atoms with Crippen molar-refractivity contribution in [2.24, 2.45) is 23.2 Å². The molecule has 0 spiro atoms. The smallest absolute Gasteiger partial charge is 0.000885 e. The predicted molar refractivity (Wildman–Crippen MR) is 74.6 cm³/mol. The van der Waals surface area contributed by atoms with Crippen molar-refractivity contribution in [1.29, 1.82) is 0 Å². The fourth-order valence-corrected chi connectivity index (χ4v) is 2.16. The minimum absolute atomic E-state index is 0.437. The molecule has 0 rings (SSSR count). The van der Waals surface area contributed by atoms with Gasteiger partial charge in [-0.2, -0.15) is 12.6 Å². The van der Waals surface area contributed by atoms with Crippen LogP contribution in [0.4, 0.5) is 0 Å². The maximum absolute atomic E-state index is 4.53. The number of hydrogen-bond acceptors (Lipinski definition) is 1. The molecule has 0 aromatic carbocycles. The summed E-state index contributed by atoms with van der Waals surface area (Å²) < 4.78 is 0. The fourth-order valence-electron chi connectivity index (χ4n) is 1.89. The summed E-state index contributed by atoms with van der Waals surface area (Å²) in [5, 5.41) is 0.532. The molecule has 0 aliphatic heterocycles. The Hall–Kier alpha value is 0.350. The van der Waals surface area contributed by atoms with Gasteiger partial charge in [-0.05, 0) is 41.3 Å². The Balaban J connectivity index is 4.29. The first-order valence-corrected chi connectivity index (χ1v) is 6.84. The van der Waals surface area contributed by atoms with Gasteiger partial charge < -0.3 is 0 Å². The highest BCUT2D eigenvalue weighted by Crippen LogP contribution is 2.35. The molecule has 0 fully saturated rings. The minimum Gasteiger partial charge on any atom is -0.176 e. The molecule has 15 heavy (non-hydrogen) atoms. The Labute approximate surface area is 103 Å². The molecule has 0 aromatic heterocycles. The average molecular weight is 230 g/mol. The van der Waals surface area contributed by atoms with Crippen LogP contribution < -0.4 is 0 Å². The molecule has 0 saturated heterocycles. The van der Waals surface area contributed by atoms with E-state index in [2.05, 4.69) is 61.1 Å². The van der Waals surface area contributed by atoms with E-state index < -0.39 is 0 Å². The van der Waals surface area contributed by atoms with E-state index in [9.17, 15) is 0 Å². The van der Waals surface area contributed by atoms with Gasteiger partial charge in [0.2, 0.25) is 0 Å². The molecule has 3 atom stereocenters. The van der Waals surface area contributed by atoms with Crippen LogP contribution >= 0.6 is 12.6 Å². The summed E-state index contributed by atoms with van der Waals surface area (Å²) in [6.45, 7) is 16.3. The topological polar surface area (TPSA) is 0 Å². The lowest BCUT2D eigenvalue weighted by molar-refractivity contribution is 0.185. The van der Waals surface area contributed by atoms with Crippen molar-refractivity contribution in [3.63, 3.8) is 0 Å². The summed E-state index contributed by atoms with van der Waals surface area (Å²) in [4.78, 5) is 0. The largest absolute Gasteiger partial charge is 0.176 e. The van der Waals surface area contributed by atoms with Crippen LogP contribution in [-0.2, 0) is 0 Å². The lowest BCUT2D eigenvalue weighted by Crippen LogP contribution is -2.24. The third-order valence-electron chi connectivity index (χ3n) is 3.72. The van der Waals surface area contributed by atoms with Gasteiger partial charge >= 0.3 is 0 Å². The Morgan fingerprint density at radius 2 is 1.40 bits per heavy atom. The van der Waals surface area contributed by atoms with E-state index in [4.69, 9.17) is 0 Å². The molecule has 0 radical (unpaired) electrons. The van der Waals surface area contributed by atoms with Gasteiger partial charge in [0.1, 0.15) is 0 Å². The maximum atomic E-state index is 4.53. The van der Waals surface area contributed by atoms with Crippen LogP contribution in [0.15, 0.2) is 0 Å². The predicted octanol–water partition coefficient (Wildman–Crippen LogP) is 5.04. The maximum Gasteiger partial charge on any atom is -0.000885 e. The summed E-state index contributed by atoms with van der Waals surface area (Å²) in [5.74, 6) is 2.40. The standard InChI is InChI=1S/C14H30S/c1-10(2)13(9-12(4)15)8-11(3)14(5,6)7/h10-13,15H,8-9H2,1-7H3. The quantitative estimate of drug-likeness (QED) is 0.629. The van der Waals surface area contributed by atoms with Crippen molar-refractivity contribution < 1.29 is 0 Å². The van der Waals surface area contributed by atoms with Gasteiger partial charge in [-0.3, -0.25) is 0 Å². The summed E-state index contributed by atoms with van der Waals surface area (Å²) in [6, 6.07) is 0. The Bertz CT molecular complexity index is 165. The van der Waals surface area contributed by atoms with Crippen LogP contribution in [0.25, 0.3) is 0 Å². The van der Waals surface area contributed by atoms with Crippen LogP contribution in [0.5, 0.6) is 0 Å². The molecule has 0 saturated carbocycles. The van der Waals surface area contributed by atoms with Crippen molar-refractivity contribution in [2.75, 3.05) is 0 Å². The van der Waals surface area contributed by atoms with Crippen LogP contribution in [0.1, 0.15) is 61.3 Å². The Morgan fingerprint density at radius 3 is 1.67 bits per heavy atom. The normalized spacial score (nSPS) is 19.0. The van der Waals surface area contributed by atoms with E-state index >= 15 is 0 Å². The zero-order valence-electron chi connectivity index (χ0n) is 11.7. The van der Waals surface area contributed by atoms with E-state index in [0.29, 0.717) is 10.7 Å². The van der Waals surface area contributed by atoms with Gasteiger partial charge in [0.05, 0.1) is 0 Å².